The predicted octanol–water partition coefficient (Wildman–Crippen LogP) is 2.00. The number of carbonyl (C=O) groups is 1. The smallest absolute Gasteiger partial charge is 0.303 e. The first-order valence-corrected chi connectivity index (χ1v) is 6.77. The molecule has 0 radical (unpaired) electrons. The van der Waals surface area contributed by atoms with Gasteiger partial charge in [0.25, 0.3) is 5.56 Å². The number of benzene rings is 1. The van der Waals surface area contributed by atoms with E-state index in [2.05, 4.69) is 0 Å². The standard InChI is InChI=1S/C16H13F3N2O3/c1-20-9-11(14(23)21(2)15(20)24)6-7-13(22)10-4-3-5-12(8-10)16(17,18)19/h3-9H,1-2H3/b7-6+. The van der Waals surface area contributed by atoms with Crippen LogP contribution in [0, 0.1) is 0 Å². The monoisotopic (exact) mass is 338 g/mol. The maximum absolute atomic E-state index is 12.7. The molecule has 5 nitrogen and oxygen atoms in total. The Morgan fingerprint density at radius 1 is 1.17 bits per heavy atom. The van der Waals surface area contributed by atoms with Crippen LogP contribution >= 0.6 is 0 Å². The highest BCUT2D eigenvalue weighted by atomic mass is 19.4. The van der Waals surface area contributed by atoms with Crippen molar-refractivity contribution in [3.63, 3.8) is 0 Å². The van der Waals surface area contributed by atoms with Crippen molar-refractivity contribution in [3.8, 4) is 0 Å². The predicted molar refractivity (Wildman–Crippen MR) is 81.7 cm³/mol. The number of carbonyl (C=O) groups excluding carboxylic acids is 1. The zero-order valence-corrected chi connectivity index (χ0v) is 12.8. The zero-order valence-electron chi connectivity index (χ0n) is 12.8. The van der Waals surface area contributed by atoms with Crippen molar-refractivity contribution < 1.29 is 18.0 Å². The molecular formula is C16H13F3N2O3. The summed E-state index contributed by atoms with van der Waals surface area (Å²) in [5.41, 5.74) is -2.14. The van der Waals surface area contributed by atoms with E-state index >= 15 is 0 Å². The van der Waals surface area contributed by atoms with Gasteiger partial charge in [0.2, 0.25) is 0 Å². The summed E-state index contributed by atoms with van der Waals surface area (Å²) >= 11 is 0. The number of allylic oxidation sites excluding steroid dienone is 1. The Morgan fingerprint density at radius 3 is 2.46 bits per heavy atom. The minimum absolute atomic E-state index is 0.0694. The van der Waals surface area contributed by atoms with Gasteiger partial charge in [-0.2, -0.15) is 13.2 Å². The van der Waals surface area contributed by atoms with E-state index < -0.39 is 28.8 Å². The molecule has 0 amide bonds. The van der Waals surface area contributed by atoms with Crippen LogP contribution < -0.4 is 11.2 Å². The Kier molecular flexibility index (Phi) is 4.59. The van der Waals surface area contributed by atoms with E-state index in [0.29, 0.717) is 0 Å². The number of rotatable bonds is 3. The number of aryl methyl sites for hydroxylation is 1. The van der Waals surface area contributed by atoms with Gasteiger partial charge in [0.05, 0.1) is 11.1 Å². The van der Waals surface area contributed by atoms with Crippen molar-refractivity contribution in [1.29, 1.82) is 0 Å². The van der Waals surface area contributed by atoms with Crippen LogP contribution in [0.3, 0.4) is 0 Å². The summed E-state index contributed by atoms with van der Waals surface area (Å²) in [6.07, 6.45) is -1.13. The lowest BCUT2D eigenvalue weighted by atomic mass is 10.1. The summed E-state index contributed by atoms with van der Waals surface area (Å²) < 4.78 is 40.0. The van der Waals surface area contributed by atoms with Crippen LogP contribution in [-0.2, 0) is 20.3 Å². The zero-order chi connectivity index (χ0) is 18.1. The molecule has 0 aliphatic rings. The fraction of sp³-hybridized carbons (Fsp3) is 0.188. The molecular weight excluding hydrogens is 325 g/mol. The second-order valence-corrected chi connectivity index (χ2v) is 5.12. The van der Waals surface area contributed by atoms with Crippen LogP contribution in [0.2, 0.25) is 0 Å². The van der Waals surface area contributed by atoms with E-state index in [0.717, 1.165) is 33.4 Å². The number of nitrogens with zero attached hydrogens (tertiary/aromatic N) is 2. The van der Waals surface area contributed by atoms with Crippen molar-refractivity contribution in [2.24, 2.45) is 14.1 Å². The summed E-state index contributed by atoms with van der Waals surface area (Å²) in [5, 5.41) is 0. The van der Waals surface area contributed by atoms with Crippen molar-refractivity contribution in [2.75, 3.05) is 0 Å². The van der Waals surface area contributed by atoms with Crippen LogP contribution in [0.15, 0.2) is 46.1 Å². The fourth-order valence-electron chi connectivity index (χ4n) is 2.06. The summed E-state index contributed by atoms with van der Waals surface area (Å²) in [7, 11) is 2.73. The lowest BCUT2D eigenvalue weighted by Gasteiger charge is -2.07. The van der Waals surface area contributed by atoms with Crippen LogP contribution in [0.5, 0.6) is 0 Å². The molecule has 0 spiro atoms. The van der Waals surface area contributed by atoms with Gasteiger partial charge in [0.1, 0.15) is 0 Å². The Hall–Kier alpha value is -2.90. The van der Waals surface area contributed by atoms with Gasteiger partial charge in [-0.05, 0) is 24.3 Å². The molecule has 0 unspecified atom stereocenters. The first-order chi connectivity index (χ1) is 11.1. The van der Waals surface area contributed by atoms with Crippen LogP contribution in [0.25, 0.3) is 6.08 Å². The fourth-order valence-corrected chi connectivity index (χ4v) is 2.06. The summed E-state index contributed by atoms with van der Waals surface area (Å²) in [6, 6.07) is 3.99. The Morgan fingerprint density at radius 2 is 1.83 bits per heavy atom. The first kappa shape index (κ1) is 17.5. The lowest BCUT2D eigenvalue weighted by molar-refractivity contribution is -0.137. The van der Waals surface area contributed by atoms with Gasteiger partial charge in [0.15, 0.2) is 5.78 Å². The third-order valence-corrected chi connectivity index (χ3v) is 3.36. The van der Waals surface area contributed by atoms with Crippen molar-refractivity contribution >= 4 is 11.9 Å². The number of aromatic nitrogens is 2. The summed E-state index contributed by atoms with van der Waals surface area (Å²) in [5.74, 6) is -0.683. The number of ketones is 1. The van der Waals surface area contributed by atoms with E-state index in [1.54, 1.807) is 0 Å². The van der Waals surface area contributed by atoms with Gasteiger partial charge >= 0.3 is 11.9 Å². The van der Waals surface area contributed by atoms with Crippen molar-refractivity contribution in [3.05, 3.63) is 74.1 Å². The highest BCUT2D eigenvalue weighted by Gasteiger charge is 2.30. The van der Waals surface area contributed by atoms with E-state index in [1.165, 1.54) is 32.4 Å². The Labute approximate surface area is 134 Å². The highest BCUT2D eigenvalue weighted by molar-refractivity contribution is 6.06. The minimum Gasteiger partial charge on any atom is -0.303 e. The second kappa shape index (κ2) is 6.31. The Balaban J connectivity index is 2.36. The highest BCUT2D eigenvalue weighted by Crippen LogP contribution is 2.29. The van der Waals surface area contributed by atoms with Gasteiger partial charge in [-0.3, -0.25) is 14.2 Å². The maximum atomic E-state index is 12.7. The van der Waals surface area contributed by atoms with E-state index in [-0.39, 0.29) is 11.1 Å². The maximum Gasteiger partial charge on any atom is 0.416 e. The average molecular weight is 338 g/mol. The molecule has 1 aromatic heterocycles. The normalized spacial score (nSPS) is 11.9. The van der Waals surface area contributed by atoms with Crippen molar-refractivity contribution in [2.45, 2.75) is 6.18 Å². The molecule has 1 heterocycles. The summed E-state index contributed by atoms with van der Waals surface area (Å²) in [6.45, 7) is 0. The number of hydrogen-bond acceptors (Lipinski definition) is 3. The topological polar surface area (TPSA) is 61.1 Å². The van der Waals surface area contributed by atoms with Gasteiger partial charge in [0, 0.05) is 25.9 Å². The second-order valence-electron chi connectivity index (χ2n) is 5.12. The number of halogens is 3. The third kappa shape index (κ3) is 3.53. The van der Waals surface area contributed by atoms with Gasteiger partial charge in [-0.25, -0.2) is 4.79 Å². The Bertz CT molecular complexity index is 937. The van der Waals surface area contributed by atoms with E-state index in [9.17, 15) is 27.6 Å². The van der Waals surface area contributed by atoms with Gasteiger partial charge < -0.3 is 4.57 Å². The van der Waals surface area contributed by atoms with Crippen LogP contribution in [-0.4, -0.2) is 14.9 Å². The average Bonchev–Trinajstić information content (AvgIpc) is 2.54. The minimum atomic E-state index is -4.55. The largest absolute Gasteiger partial charge is 0.416 e. The molecule has 0 aliphatic carbocycles. The summed E-state index contributed by atoms with van der Waals surface area (Å²) in [4.78, 5) is 35.5. The van der Waals surface area contributed by atoms with Crippen LogP contribution in [0.1, 0.15) is 21.5 Å². The molecule has 0 N–H and O–H groups in total. The molecule has 0 saturated heterocycles. The molecule has 0 aliphatic heterocycles. The SMILES string of the molecule is Cn1cc(/C=C/C(=O)c2cccc(C(F)(F)F)c2)c(=O)n(C)c1=O. The van der Waals surface area contributed by atoms with Gasteiger partial charge in [-0.1, -0.05) is 12.1 Å². The number of alkyl halides is 3. The van der Waals surface area contributed by atoms with E-state index in [4.69, 9.17) is 0 Å². The molecule has 0 bridgehead atoms. The molecule has 2 aromatic rings. The van der Waals surface area contributed by atoms with Crippen molar-refractivity contribution in [1.82, 2.24) is 9.13 Å². The third-order valence-electron chi connectivity index (χ3n) is 3.36. The molecule has 126 valence electrons. The molecule has 0 atom stereocenters. The van der Waals surface area contributed by atoms with Gasteiger partial charge in [-0.15, -0.1) is 0 Å². The lowest BCUT2D eigenvalue weighted by Crippen LogP contribution is -2.37. The quantitative estimate of drug-likeness (QED) is 0.635. The van der Waals surface area contributed by atoms with Crippen LogP contribution in [0.4, 0.5) is 13.2 Å². The molecule has 2 rings (SSSR count). The number of hydrogen-bond donors (Lipinski definition) is 0. The van der Waals surface area contributed by atoms with E-state index in [1.807, 2.05) is 0 Å². The first-order valence-electron chi connectivity index (χ1n) is 6.77. The molecule has 1 aromatic carbocycles. The molecule has 0 fully saturated rings. The molecule has 24 heavy (non-hydrogen) atoms. The molecule has 8 heteroatoms. The molecule has 0 saturated carbocycles.